The Morgan fingerprint density at radius 3 is 3.05 bits per heavy atom. The van der Waals surface area contributed by atoms with Crippen molar-refractivity contribution in [2.75, 3.05) is 20.1 Å². The van der Waals surface area contributed by atoms with Gasteiger partial charge >= 0.3 is 0 Å². The minimum Gasteiger partial charge on any atom is -0.364 e. The van der Waals surface area contributed by atoms with E-state index in [0.717, 1.165) is 23.7 Å². The number of likely N-dealkylation sites (N-methyl/N-ethyl adjacent to an activating group) is 1. The van der Waals surface area contributed by atoms with Gasteiger partial charge in [0.1, 0.15) is 6.17 Å². The van der Waals surface area contributed by atoms with Crippen LogP contribution in [0, 0.1) is 5.92 Å². The molecule has 1 saturated heterocycles. The molecule has 0 aromatic carbocycles. The zero-order valence-corrected chi connectivity index (χ0v) is 11.9. The highest BCUT2D eigenvalue weighted by molar-refractivity contribution is 7.11. The molecule has 1 fully saturated rings. The summed E-state index contributed by atoms with van der Waals surface area (Å²) in [6.45, 7) is 2.07. The average Bonchev–Trinajstić information content (AvgIpc) is 2.97. The van der Waals surface area contributed by atoms with Crippen molar-refractivity contribution in [3.63, 3.8) is 0 Å². The van der Waals surface area contributed by atoms with E-state index < -0.39 is 0 Å². The molecule has 2 atom stereocenters. The zero-order chi connectivity index (χ0) is 13.2. The highest BCUT2D eigenvalue weighted by atomic mass is 32.1. The van der Waals surface area contributed by atoms with Crippen molar-refractivity contribution in [3.05, 3.63) is 28.5 Å². The number of rotatable bonds is 2. The van der Waals surface area contributed by atoms with Crippen LogP contribution in [0.1, 0.15) is 17.7 Å². The van der Waals surface area contributed by atoms with Crippen molar-refractivity contribution in [3.8, 4) is 0 Å². The second-order valence-corrected chi connectivity index (χ2v) is 6.13. The van der Waals surface area contributed by atoms with Crippen LogP contribution in [0.4, 0.5) is 0 Å². The molecule has 2 N–H and O–H groups in total. The SMILES string of the molecule is CN1C(=O)C=C(c2cccs2)NC1C1CCCNC1. The summed E-state index contributed by atoms with van der Waals surface area (Å²) < 4.78 is 0. The molecule has 2 aliphatic rings. The number of thiophene rings is 1. The third kappa shape index (κ3) is 2.53. The van der Waals surface area contributed by atoms with Crippen molar-refractivity contribution in [2.45, 2.75) is 19.0 Å². The van der Waals surface area contributed by atoms with Crippen molar-refractivity contribution in [1.29, 1.82) is 0 Å². The van der Waals surface area contributed by atoms with Crippen molar-refractivity contribution < 1.29 is 4.79 Å². The maximum atomic E-state index is 12.1. The number of hydrogen-bond acceptors (Lipinski definition) is 4. The molecule has 3 rings (SSSR count). The monoisotopic (exact) mass is 277 g/mol. The number of nitrogens with zero attached hydrogens (tertiary/aromatic N) is 1. The topological polar surface area (TPSA) is 44.4 Å². The third-order valence-corrected chi connectivity index (χ3v) is 4.81. The van der Waals surface area contributed by atoms with E-state index in [1.165, 1.54) is 12.8 Å². The second-order valence-electron chi connectivity index (χ2n) is 5.18. The van der Waals surface area contributed by atoms with Crippen molar-refractivity contribution in [1.82, 2.24) is 15.5 Å². The zero-order valence-electron chi connectivity index (χ0n) is 11.1. The van der Waals surface area contributed by atoms with E-state index >= 15 is 0 Å². The molecule has 0 spiro atoms. The van der Waals surface area contributed by atoms with Crippen LogP contribution in [0.3, 0.4) is 0 Å². The van der Waals surface area contributed by atoms with Crippen molar-refractivity contribution in [2.24, 2.45) is 5.92 Å². The number of nitrogens with one attached hydrogen (secondary N) is 2. The molecule has 102 valence electrons. The molecule has 5 heteroatoms. The highest BCUT2D eigenvalue weighted by Crippen LogP contribution is 2.26. The van der Waals surface area contributed by atoms with Crippen LogP contribution in [0.15, 0.2) is 23.6 Å². The number of hydrogen-bond donors (Lipinski definition) is 2. The fourth-order valence-electron chi connectivity index (χ4n) is 2.82. The summed E-state index contributed by atoms with van der Waals surface area (Å²) in [6, 6.07) is 4.07. The molecular formula is C14H19N3OS. The molecule has 1 aromatic heterocycles. The van der Waals surface area contributed by atoms with Gasteiger partial charge in [-0.05, 0) is 30.8 Å². The van der Waals surface area contributed by atoms with Gasteiger partial charge in [0.15, 0.2) is 0 Å². The Labute approximate surface area is 117 Å². The van der Waals surface area contributed by atoms with Gasteiger partial charge in [0.05, 0.1) is 10.6 Å². The van der Waals surface area contributed by atoms with Crippen LogP contribution >= 0.6 is 11.3 Å². The lowest BCUT2D eigenvalue weighted by molar-refractivity contribution is -0.129. The fourth-order valence-corrected chi connectivity index (χ4v) is 3.52. The first-order valence-electron chi connectivity index (χ1n) is 6.75. The minimum atomic E-state index is 0.0951. The van der Waals surface area contributed by atoms with E-state index in [2.05, 4.69) is 16.7 Å². The Morgan fingerprint density at radius 2 is 2.37 bits per heavy atom. The van der Waals surface area contributed by atoms with Gasteiger partial charge in [-0.2, -0.15) is 0 Å². The fraction of sp³-hybridized carbons (Fsp3) is 0.500. The maximum absolute atomic E-state index is 12.1. The predicted octanol–water partition coefficient (Wildman–Crippen LogP) is 1.48. The van der Waals surface area contributed by atoms with E-state index in [1.807, 2.05) is 23.4 Å². The van der Waals surface area contributed by atoms with Gasteiger partial charge in [-0.15, -0.1) is 11.3 Å². The molecule has 2 aliphatic heterocycles. The lowest BCUT2D eigenvalue weighted by Gasteiger charge is -2.40. The molecule has 0 saturated carbocycles. The largest absolute Gasteiger partial charge is 0.364 e. The van der Waals surface area contributed by atoms with Gasteiger partial charge < -0.3 is 15.5 Å². The Morgan fingerprint density at radius 1 is 1.47 bits per heavy atom. The summed E-state index contributed by atoms with van der Waals surface area (Å²) in [7, 11) is 1.89. The Hall–Kier alpha value is -1.33. The van der Waals surface area contributed by atoms with Gasteiger partial charge in [-0.1, -0.05) is 6.07 Å². The number of carbonyl (C=O) groups is 1. The first-order chi connectivity index (χ1) is 9.25. The molecule has 1 amide bonds. The molecular weight excluding hydrogens is 258 g/mol. The molecule has 3 heterocycles. The summed E-state index contributed by atoms with van der Waals surface area (Å²) in [6.07, 6.45) is 4.16. The van der Waals surface area contributed by atoms with Gasteiger partial charge in [0.2, 0.25) is 5.91 Å². The molecule has 1 aromatic rings. The van der Waals surface area contributed by atoms with Gasteiger partial charge in [0, 0.05) is 25.6 Å². The molecule has 2 unspecified atom stereocenters. The van der Waals surface area contributed by atoms with E-state index in [4.69, 9.17) is 0 Å². The maximum Gasteiger partial charge on any atom is 0.250 e. The third-order valence-electron chi connectivity index (χ3n) is 3.90. The standard InChI is InChI=1S/C14H19N3OS/c1-17-13(18)8-11(12-5-3-7-19-12)16-14(17)10-4-2-6-15-9-10/h3,5,7-8,10,14-16H,2,4,6,9H2,1H3. The molecule has 0 aliphatic carbocycles. The quantitative estimate of drug-likeness (QED) is 0.860. The van der Waals surface area contributed by atoms with E-state index in [1.54, 1.807) is 17.4 Å². The molecule has 4 nitrogen and oxygen atoms in total. The van der Waals surface area contributed by atoms with Gasteiger partial charge in [-0.25, -0.2) is 0 Å². The summed E-state index contributed by atoms with van der Waals surface area (Å²) >= 11 is 1.66. The lowest BCUT2D eigenvalue weighted by atomic mass is 9.94. The van der Waals surface area contributed by atoms with E-state index in [0.29, 0.717) is 5.92 Å². The van der Waals surface area contributed by atoms with E-state index in [9.17, 15) is 4.79 Å². The number of piperidine rings is 1. The van der Waals surface area contributed by atoms with Crippen molar-refractivity contribution >= 4 is 22.9 Å². The van der Waals surface area contributed by atoms with Crippen LogP contribution in [0.5, 0.6) is 0 Å². The van der Waals surface area contributed by atoms with Gasteiger partial charge in [0.25, 0.3) is 0 Å². The number of carbonyl (C=O) groups excluding carboxylic acids is 1. The van der Waals surface area contributed by atoms with Crippen LogP contribution < -0.4 is 10.6 Å². The Kier molecular flexibility index (Phi) is 3.57. The normalized spacial score (nSPS) is 27.9. The Balaban J connectivity index is 1.82. The molecule has 0 radical (unpaired) electrons. The molecule has 0 bridgehead atoms. The van der Waals surface area contributed by atoms with Gasteiger partial charge in [-0.3, -0.25) is 4.79 Å². The van der Waals surface area contributed by atoms with E-state index in [-0.39, 0.29) is 12.1 Å². The highest BCUT2D eigenvalue weighted by Gasteiger charge is 2.32. The van der Waals surface area contributed by atoms with Crippen LogP contribution in [0.25, 0.3) is 5.70 Å². The van der Waals surface area contributed by atoms with Crippen LogP contribution in [-0.4, -0.2) is 37.1 Å². The summed E-state index contributed by atoms with van der Waals surface area (Å²) in [4.78, 5) is 15.1. The number of amides is 1. The van der Waals surface area contributed by atoms with Crippen LogP contribution in [-0.2, 0) is 4.79 Å². The smallest absolute Gasteiger partial charge is 0.250 e. The average molecular weight is 277 g/mol. The summed E-state index contributed by atoms with van der Waals surface area (Å²) in [5.41, 5.74) is 0.966. The Bertz CT molecular complexity index is 477. The minimum absolute atomic E-state index is 0.0951. The summed E-state index contributed by atoms with van der Waals surface area (Å²) in [5.74, 6) is 0.573. The lowest BCUT2D eigenvalue weighted by Crippen LogP contribution is -2.56. The summed E-state index contributed by atoms with van der Waals surface area (Å²) in [5, 5.41) is 9.00. The predicted molar refractivity (Wildman–Crippen MR) is 77.6 cm³/mol. The molecule has 19 heavy (non-hydrogen) atoms. The van der Waals surface area contributed by atoms with Crippen LogP contribution in [0.2, 0.25) is 0 Å². The first-order valence-corrected chi connectivity index (χ1v) is 7.63. The first kappa shape index (κ1) is 12.7. The second kappa shape index (κ2) is 5.35.